The van der Waals surface area contributed by atoms with E-state index in [2.05, 4.69) is 6.92 Å². The van der Waals surface area contributed by atoms with Crippen LogP contribution in [0.4, 0.5) is 8.78 Å². The molecule has 0 heterocycles. The van der Waals surface area contributed by atoms with Gasteiger partial charge in [0.2, 0.25) is 0 Å². The number of rotatable bonds is 3. The van der Waals surface area contributed by atoms with Crippen molar-refractivity contribution in [1.82, 2.24) is 0 Å². The molecule has 1 aromatic rings. The molecular weight excluding hydrogens is 170 g/mol. The minimum atomic E-state index is -0.798. The molecule has 0 aromatic heterocycles. The highest BCUT2D eigenvalue weighted by Gasteiger charge is 1.99. The van der Waals surface area contributed by atoms with Gasteiger partial charge in [-0.1, -0.05) is 31.6 Å². The van der Waals surface area contributed by atoms with Gasteiger partial charge < -0.3 is 0 Å². The summed E-state index contributed by atoms with van der Waals surface area (Å²) in [7, 11) is 0. The average Bonchev–Trinajstić information content (AvgIpc) is 2.12. The molecule has 0 aliphatic carbocycles. The molecule has 0 bridgehead atoms. The van der Waals surface area contributed by atoms with Crippen LogP contribution in [0.1, 0.15) is 25.3 Å². The largest absolute Gasteiger partial charge is 0.204 e. The first kappa shape index (κ1) is 9.90. The van der Waals surface area contributed by atoms with Crippen LogP contribution in [-0.4, -0.2) is 0 Å². The summed E-state index contributed by atoms with van der Waals surface area (Å²) < 4.78 is 25.2. The van der Waals surface area contributed by atoms with Crippen molar-refractivity contribution in [2.45, 2.75) is 19.8 Å². The van der Waals surface area contributed by atoms with Crippen molar-refractivity contribution in [2.24, 2.45) is 0 Å². The predicted octanol–water partition coefficient (Wildman–Crippen LogP) is 3.78. The van der Waals surface area contributed by atoms with E-state index in [-0.39, 0.29) is 0 Å². The summed E-state index contributed by atoms with van der Waals surface area (Å²) >= 11 is 0. The van der Waals surface area contributed by atoms with Crippen molar-refractivity contribution in [3.05, 3.63) is 41.5 Å². The summed E-state index contributed by atoms with van der Waals surface area (Å²) in [5.41, 5.74) is 0.701. The van der Waals surface area contributed by atoms with E-state index in [9.17, 15) is 8.78 Å². The summed E-state index contributed by atoms with van der Waals surface area (Å²) in [4.78, 5) is 0. The molecule has 0 radical (unpaired) electrons. The molecule has 0 aliphatic heterocycles. The second-order valence-corrected chi connectivity index (χ2v) is 2.86. The summed E-state index contributed by atoms with van der Waals surface area (Å²) in [5.74, 6) is -1.59. The Hall–Kier alpha value is -1.18. The van der Waals surface area contributed by atoms with Gasteiger partial charge in [0.05, 0.1) is 0 Å². The quantitative estimate of drug-likeness (QED) is 0.667. The van der Waals surface area contributed by atoms with E-state index in [1.807, 2.05) is 6.08 Å². The van der Waals surface area contributed by atoms with Gasteiger partial charge in [-0.05, 0) is 24.1 Å². The zero-order valence-corrected chi connectivity index (χ0v) is 7.56. The molecule has 0 nitrogen and oxygen atoms in total. The molecule has 0 amide bonds. The lowest BCUT2D eigenvalue weighted by molar-refractivity contribution is 0.508. The molecule has 70 valence electrons. The van der Waals surface area contributed by atoms with Crippen molar-refractivity contribution >= 4 is 6.08 Å². The molecule has 0 unspecified atom stereocenters. The van der Waals surface area contributed by atoms with E-state index in [1.54, 1.807) is 12.1 Å². The lowest BCUT2D eigenvalue weighted by Gasteiger charge is -1.94. The monoisotopic (exact) mass is 182 g/mol. The predicted molar refractivity (Wildman–Crippen MR) is 50.3 cm³/mol. The molecule has 0 N–H and O–H groups in total. The zero-order chi connectivity index (χ0) is 9.68. The van der Waals surface area contributed by atoms with Gasteiger partial charge in [-0.25, -0.2) is 8.78 Å². The Morgan fingerprint density at radius 1 is 1.23 bits per heavy atom. The molecule has 1 aromatic carbocycles. The Morgan fingerprint density at radius 2 is 2.00 bits per heavy atom. The van der Waals surface area contributed by atoms with Gasteiger partial charge in [-0.3, -0.25) is 0 Å². The Morgan fingerprint density at radius 3 is 2.62 bits per heavy atom. The van der Waals surface area contributed by atoms with Crippen LogP contribution in [0.3, 0.4) is 0 Å². The van der Waals surface area contributed by atoms with E-state index >= 15 is 0 Å². The highest BCUT2D eigenvalue weighted by molar-refractivity contribution is 5.48. The number of hydrogen-bond acceptors (Lipinski definition) is 0. The first-order valence-corrected chi connectivity index (χ1v) is 4.35. The van der Waals surface area contributed by atoms with Crippen LogP contribution in [0.15, 0.2) is 24.3 Å². The van der Waals surface area contributed by atoms with Crippen molar-refractivity contribution in [1.29, 1.82) is 0 Å². The summed E-state index contributed by atoms with van der Waals surface area (Å²) in [5, 5.41) is 0. The van der Waals surface area contributed by atoms with Crippen molar-refractivity contribution in [3.8, 4) is 0 Å². The Balaban J connectivity index is 2.73. The molecule has 0 fully saturated rings. The second kappa shape index (κ2) is 4.75. The lowest BCUT2D eigenvalue weighted by atomic mass is 10.2. The smallest absolute Gasteiger partial charge is 0.159 e. The van der Waals surface area contributed by atoms with Crippen molar-refractivity contribution < 1.29 is 8.78 Å². The van der Waals surface area contributed by atoms with E-state index in [0.29, 0.717) is 5.56 Å². The number of hydrogen-bond donors (Lipinski definition) is 0. The topological polar surface area (TPSA) is 0 Å². The average molecular weight is 182 g/mol. The van der Waals surface area contributed by atoms with Gasteiger partial charge in [0, 0.05) is 0 Å². The summed E-state index contributed by atoms with van der Waals surface area (Å²) in [6.45, 7) is 2.07. The van der Waals surface area contributed by atoms with Crippen LogP contribution >= 0.6 is 0 Å². The molecule has 0 spiro atoms. The van der Waals surface area contributed by atoms with Crippen molar-refractivity contribution in [2.75, 3.05) is 0 Å². The van der Waals surface area contributed by atoms with Crippen LogP contribution in [-0.2, 0) is 0 Å². The summed E-state index contributed by atoms with van der Waals surface area (Å²) in [6.07, 6.45) is 5.76. The highest BCUT2D eigenvalue weighted by atomic mass is 19.2. The molecule has 13 heavy (non-hydrogen) atoms. The zero-order valence-electron chi connectivity index (χ0n) is 7.56. The third-order valence-electron chi connectivity index (χ3n) is 1.71. The first-order chi connectivity index (χ1) is 6.24. The van der Waals surface area contributed by atoms with E-state index in [0.717, 1.165) is 18.9 Å². The Kier molecular flexibility index (Phi) is 3.62. The van der Waals surface area contributed by atoms with Gasteiger partial charge >= 0.3 is 0 Å². The van der Waals surface area contributed by atoms with E-state index in [4.69, 9.17) is 0 Å². The molecule has 1 rings (SSSR count). The third-order valence-corrected chi connectivity index (χ3v) is 1.71. The Bertz CT molecular complexity index is 303. The SMILES string of the molecule is CCC/C=C/c1ccc(F)c(F)c1. The lowest BCUT2D eigenvalue weighted by Crippen LogP contribution is -1.83. The normalized spacial score (nSPS) is 11.0. The minimum absolute atomic E-state index is 0.701. The fourth-order valence-corrected chi connectivity index (χ4v) is 1.00. The molecule has 2 heteroatoms. The second-order valence-electron chi connectivity index (χ2n) is 2.86. The Labute approximate surface area is 76.9 Å². The van der Waals surface area contributed by atoms with Crippen LogP contribution < -0.4 is 0 Å². The standard InChI is InChI=1S/C11H12F2/c1-2-3-4-5-9-6-7-10(12)11(13)8-9/h4-8H,2-3H2,1H3/b5-4+. The molecular formula is C11H12F2. The van der Waals surface area contributed by atoms with Gasteiger partial charge in [-0.15, -0.1) is 0 Å². The molecule has 0 atom stereocenters. The third kappa shape index (κ3) is 2.98. The van der Waals surface area contributed by atoms with Gasteiger partial charge in [0.15, 0.2) is 11.6 Å². The number of halogens is 2. The fraction of sp³-hybridized carbons (Fsp3) is 0.273. The van der Waals surface area contributed by atoms with E-state index < -0.39 is 11.6 Å². The van der Waals surface area contributed by atoms with Crippen molar-refractivity contribution in [3.63, 3.8) is 0 Å². The van der Waals surface area contributed by atoms with Gasteiger partial charge in [-0.2, -0.15) is 0 Å². The molecule has 0 saturated carbocycles. The number of unbranched alkanes of at least 4 members (excludes halogenated alkanes) is 1. The summed E-state index contributed by atoms with van der Waals surface area (Å²) in [6, 6.07) is 3.90. The molecule has 0 saturated heterocycles. The maximum Gasteiger partial charge on any atom is 0.159 e. The fourth-order valence-electron chi connectivity index (χ4n) is 1.00. The maximum absolute atomic E-state index is 12.7. The maximum atomic E-state index is 12.7. The van der Waals surface area contributed by atoms with Gasteiger partial charge in [0.1, 0.15) is 0 Å². The van der Waals surface area contributed by atoms with Crippen LogP contribution in [0.25, 0.3) is 6.08 Å². The van der Waals surface area contributed by atoms with Crippen LogP contribution in [0, 0.1) is 11.6 Å². The number of allylic oxidation sites excluding steroid dienone is 1. The first-order valence-electron chi connectivity index (χ1n) is 4.35. The number of benzene rings is 1. The van der Waals surface area contributed by atoms with Crippen LogP contribution in [0.2, 0.25) is 0 Å². The van der Waals surface area contributed by atoms with Gasteiger partial charge in [0.25, 0.3) is 0 Å². The minimum Gasteiger partial charge on any atom is -0.204 e. The molecule has 0 aliphatic rings. The highest BCUT2D eigenvalue weighted by Crippen LogP contribution is 2.10. The van der Waals surface area contributed by atoms with E-state index in [1.165, 1.54) is 6.07 Å². The van der Waals surface area contributed by atoms with Crippen LogP contribution in [0.5, 0.6) is 0 Å².